The Balaban J connectivity index is 1.13. The third-order valence-corrected chi connectivity index (χ3v) is 13.2. The first-order chi connectivity index (χ1) is 30.4. The number of anilines is 2. The van der Waals surface area contributed by atoms with E-state index in [9.17, 15) is 5.11 Å². The topological polar surface area (TPSA) is 152 Å². The predicted molar refractivity (Wildman–Crippen MR) is 234 cm³/mol. The Morgan fingerprint density at radius 2 is 1.52 bits per heavy atom. The Labute approximate surface area is 358 Å². The highest BCUT2D eigenvalue weighted by Crippen LogP contribution is 2.65. The van der Waals surface area contributed by atoms with Crippen molar-refractivity contribution >= 4 is 61.2 Å². The molecule has 3 aliphatic heterocycles. The van der Waals surface area contributed by atoms with Gasteiger partial charge in [0.15, 0.2) is 5.13 Å². The van der Waals surface area contributed by atoms with E-state index in [1.54, 1.807) is 35.0 Å². The van der Waals surface area contributed by atoms with Crippen molar-refractivity contribution in [2.45, 2.75) is 36.2 Å². The number of carbonyl (C=O) groups excluding carboxylic acids is 3. The number of carbonyl (C=O) groups is 3. The number of aromatic hydroxyl groups is 1. The minimum absolute atomic E-state index is 0.0243. The molecule has 8 aromatic rings. The summed E-state index contributed by atoms with van der Waals surface area (Å²) in [5, 5.41) is 25.7. The van der Waals surface area contributed by atoms with Crippen LogP contribution in [0.2, 0.25) is 0 Å². The lowest BCUT2D eigenvalue weighted by Gasteiger charge is -2.46. The number of amides is 2. The maximum Gasteiger partial charge on any atom is 0.324 e. The normalized spacial score (nSPS) is 22.7. The monoisotopic (exact) mass is 833 g/mol. The lowest BCUT2D eigenvalue weighted by molar-refractivity contribution is -0.177. The number of hydrogen-bond acceptors (Lipinski definition) is 10. The van der Waals surface area contributed by atoms with Crippen LogP contribution >= 0.6 is 11.3 Å². The molecule has 2 fully saturated rings. The Morgan fingerprint density at radius 1 is 0.806 bits per heavy atom. The molecule has 0 bridgehead atoms. The quantitative estimate of drug-likeness (QED) is 0.113. The number of hydrogen-bond donors (Lipinski definition) is 3. The molecule has 2 amide bonds. The van der Waals surface area contributed by atoms with Gasteiger partial charge in [0.25, 0.3) is 0 Å². The Kier molecular flexibility index (Phi) is 8.92. The zero-order valence-electron chi connectivity index (χ0n) is 32.8. The van der Waals surface area contributed by atoms with Gasteiger partial charge in [-0.3, -0.25) is 19.3 Å². The number of cyclic esters (lactones) is 1. The molecule has 1 spiro atoms. The van der Waals surface area contributed by atoms with E-state index in [-0.39, 0.29) is 12.3 Å². The number of para-hydroxylation sites is 2. The number of ether oxygens (including phenoxy) is 1. The average Bonchev–Trinajstić information content (AvgIpc) is 4.06. The molecule has 6 aromatic carbocycles. The van der Waals surface area contributed by atoms with Crippen molar-refractivity contribution in [2.24, 2.45) is 5.92 Å². The van der Waals surface area contributed by atoms with Crippen molar-refractivity contribution in [2.75, 3.05) is 10.6 Å². The summed E-state index contributed by atoms with van der Waals surface area (Å²) in [4.78, 5) is 52.8. The number of thiazole rings is 1. The number of phenolic OH excluding ortho intramolecular Hbond substituents is 1. The van der Waals surface area contributed by atoms with Gasteiger partial charge in [0.2, 0.25) is 11.8 Å². The molecule has 302 valence electrons. The van der Waals surface area contributed by atoms with Gasteiger partial charge >= 0.3 is 5.97 Å². The lowest BCUT2D eigenvalue weighted by atomic mass is 9.65. The first-order valence-corrected chi connectivity index (χ1v) is 21.0. The summed E-state index contributed by atoms with van der Waals surface area (Å²) in [5.74, 6) is 3.49. The Morgan fingerprint density at radius 3 is 2.29 bits per heavy atom. The fraction of sp³-hybridized carbons (Fsp3) is 0.143. The SMILES string of the molecule is O=C1OC(c2ccccc2)C(c2ccccc2)N2C1C(C(=O)Nc1nc3ccccc3s1)C1(C(=O)Nc3ccc(C#CCn4nnc5ccccc54)cc31)C2c1ccc(O)cc1. The summed E-state index contributed by atoms with van der Waals surface area (Å²) < 4.78 is 9.11. The van der Waals surface area contributed by atoms with Gasteiger partial charge in [-0.25, -0.2) is 9.67 Å². The summed E-state index contributed by atoms with van der Waals surface area (Å²) >= 11 is 1.31. The number of morpholine rings is 1. The van der Waals surface area contributed by atoms with Crippen LogP contribution in [-0.4, -0.2) is 53.8 Å². The van der Waals surface area contributed by atoms with Crippen LogP contribution in [0.15, 0.2) is 152 Å². The fourth-order valence-corrected chi connectivity index (χ4v) is 10.6. The van der Waals surface area contributed by atoms with Gasteiger partial charge in [-0.15, -0.1) is 5.10 Å². The van der Waals surface area contributed by atoms with Crippen LogP contribution in [-0.2, 0) is 31.1 Å². The molecule has 6 atom stereocenters. The second-order valence-electron chi connectivity index (χ2n) is 15.6. The average molecular weight is 834 g/mol. The number of esters is 1. The number of benzene rings is 6. The zero-order valence-corrected chi connectivity index (χ0v) is 33.6. The summed E-state index contributed by atoms with van der Waals surface area (Å²) in [7, 11) is 0. The van der Waals surface area contributed by atoms with Crippen molar-refractivity contribution in [3.63, 3.8) is 0 Å². The molecule has 13 heteroatoms. The maximum absolute atomic E-state index is 15.5. The van der Waals surface area contributed by atoms with E-state index in [1.165, 1.54) is 11.3 Å². The highest BCUT2D eigenvalue weighted by Gasteiger charge is 2.74. The van der Waals surface area contributed by atoms with Crippen molar-refractivity contribution in [1.29, 1.82) is 0 Å². The van der Waals surface area contributed by atoms with Crippen LogP contribution in [0.5, 0.6) is 5.75 Å². The highest BCUT2D eigenvalue weighted by atomic mass is 32.1. The van der Waals surface area contributed by atoms with Crippen molar-refractivity contribution in [1.82, 2.24) is 24.9 Å². The number of fused-ring (bicyclic) bond motifs is 5. The summed E-state index contributed by atoms with van der Waals surface area (Å²) in [6.45, 7) is 0.255. The lowest BCUT2D eigenvalue weighted by Crippen LogP contribution is -2.53. The smallest absolute Gasteiger partial charge is 0.324 e. The van der Waals surface area contributed by atoms with E-state index in [2.05, 4.69) is 32.8 Å². The van der Waals surface area contributed by atoms with Crippen molar-refractivity contribution in [3.05, 3.63) is 179 Å². The van der Waals surface area contributed by atoms with E-state index < -0.39 is 53.3 Å². The molecule has 0 aliphatic carbocycles. The minimum atomic E-state index is -1.74. The number of nitrogens with zero attached hydrogens (tertiary/aromatic N) is 5. The van der Waals surface area contributed by atoms with Crippen LogP contribution < -0.4 is 10.6 Å². The van der Waals surface area contributed by atoms with Gasteiger partial charge in [-0.2, -0.15) is 0 Å². The molecule has 3 aliphatic rings. The number of nitrogens with one attached hydrogen (secondary N) is 2. The number of rotatable bonds is 6. The summed E-state index contributed by atoms with van der Waals surface area (Å²) in [5.41, 5.74) is 4.35. The summed E-state index contributed by atoms with van der Waals surface area (Å²) in [6.07, 6.45) is -0.820. The second kappa shape index (κ2) is 14.8. The van der Waals surface area contributed by atoms with E-state index >= 15 is 14.4 Å². The Bertz CT molecular complexity index is 3090. The van der Waals surface area contributed by atoms with Crippen LogP contribution in [0, 0.1) is 17.8 Å². The van der Waals surface area contributed by atoms with Gasteiger partial charge in [-0.1, -0.05) is 125 Å². The van der Waals surface area contributed by atoms with Crippen LogP contribution in [0.1, 0.15) is 46.0 Å². The number of aromatic nitrogens is 4. The molecule has 3 N–H and O–H groups in total. The van der Waals surface area contributed by atoms with Crippen LogP contribution in [0.25, 0.3) is 21.3 Å². The molecule has 5 heterocycles. The van der Waals surface area contributed by atoms with Crippen LogP contribution in [0.4, 0.5) is 10.8 Å². The van der Waals surface area contributed by atoms with Crippen molar-refractivity contribution in [3.8, 4) is 17.6 Å². The molecule has 2 aromatic heterocycles. The molecular weight excluding hydrogens is 799 g/mol. The van der Waals surface area contributed by atoms with Gasteiger partial charge in [0, 0.05) is 11.3 Å². The Hall–Kier alpha value is -7.66. The molecule has 11 rings (SSSR count). The standard InChI is InChI=1S/C49H35N7O5S/c57-33-24-22-32(23-25-33)44-49(34-28-29(21-26-35(34)50-47(49)60)12-11-27-55-38-19-9-7-17-36(38)53-54-55)40(45(58)52-48-51-37-18-8-10-20-39(37)62-48)42-46(59)61-43(31-15-5-2-6-16-31)41(56(42)44)30-13-3-1-4-14-30/h1-10,13-26,28,40-44,57H,27H2,(H,50,60)(H,51,52,58). The highest BCUT2D eigenvalue weighted by molar-refractivity contribution is 7.22. The van der Waals surface area contributed by atoms with Crippen LogP contribution in [0.3, 0.4) is 0 Å². The summed E-state index contributed by atoms with van der Waals surface area (Å²) in [6, 6.07) is 43.6. The maximum atomic E-state index is 15.5. The molecule has 6 unspecified atom stereocenters. The van der Waals surface area contributed by atoms with Gasteiger partial charge in [0.1, 0.15) is 35.4 Å². The van der Waals surface area contributed by atoms with Gasteiger partial charge < -0.3 is 20.5 Å². The van der Waals surface area contributed by atoms with E-state index in [1.807, 2.05) is 126 Å². The van der Waals surface area contributed by atoms with Gasteiger partial charge in [-0.05, 0) is 76.9 Å². The third-order valence-electron chi connectivity index (χ3n) is 12.2. The predicted octanol–water partition coefficient (Wildman–Crippen LogP) is 7.71. The molecule has 0 radical (unpaired) electrons. The van der Waals surface area contributed by atoms with Gasteiger partial charge in [0.05, 0.1) is 33.7 Å². The first kappa shape index (κ1) is 37.3. The molecule has 2 saturated heterocycles. The zero-order chi connectivity index (χ0) is 42.0. The molecule has 12 nitrogen and oxygen atoms in total. The fourth-order valence-electron chi connectivity index (χ4n) is 9.69. The minimum Gasteiger partial charge on any atom is -0.508 e. The van der Waals surface area contributed by atoms with E-state index in [4.69, 9.17) is 9.72 Å². The third kappa shape index (κ3) is 5.94. The second-order valence-corrected chi connectivity index (χ2v) is 16.6. The molecular formula is C49H35N7O5S. The first-order valence-electron chi connectivity index (χ1n) is 20.1. The van der Waals surface area contributed by atoms with E-state index in [0.717, 1.165) is 26.9 Å². The molecule has 0 saturated carbocycles. The molecule has 62 heavy (non-hydrogen) atoms. The van der Waals surface area contributed by atoms with E-state index in [0.29, 0.717) is 33.0 Å². The number of phenols is 1. The largest absolute Gasteiger partial charge is 0.508 e. The van der Waals surface area contributed by atoms with Crippen molar-refractivity contribution < 1.29 is 24.2 Å².